The van der Waals surface area contributed by atoms with Crippen LogP contribution in [0.3, 0.4) is 0 Å². The van der Waals surface area contributed by atoms with Crippen molar-refractivity contribution in [3.8, 4) is 0 Å². The average Bonchev–Trinajstić information content (AvgIpc) is 3.54. The summed E-state index contributed by atoms with van der Waals surface area (Å²) in [6.45, 7) is 14.2. The molecule has 3 aliphatic rings. The fourth-order valence-corrected chi connectivity index (χ4v) is 10.2. The molecule has 3 unspecified atom stereocenters. The minimum atomic E-state index is -0.759. The molecule has 0 saturated carbocycles. The summed E-state index contributed by atoms with van der Waals surface area (Å²) >= 11 is 5.36. The smallest absolute Gasteiger partial charge is 0.311 e. The number of aliphatic hydroxyl groups is 1. The fourth-order valence-electron chi connectivity index (χ4n) is 6.58. The Morgan fingerprint density at radius 3 is 2.45 bits per heavy atom. The maximum atomic E-state index is 14.6. The molecule has 218 valence electrons. The quantitative estimate of drug-likeness (QED) is 0.143. The van der Waals surface area contributed by atoms with Crippen LogP contribution in [0.5, 0.6) is 0 Å². The van der Waals surface area contributed by atoms with Gasteiger partial charge in [-0.2, -0.15) is 0 Å². The first-order valence-corrected chi connectivity index (χ1v) is 15.9. The number of halogens is 1. The zero-order valence-corrected chi connectivity index (χ0v) is 25.7. The van der Waals surface area contributed by atoms with Gasteiger partial charge >= 0.3 is 5.97 Å². The van der Waals surface area contributed by atoms with Gasteiger partial charge in [-0.05, 0) is 57.4 Å². The lowest BCUT2D eigenvalue weighted by molar-refractivity contribution is -0.153. The van der Waals surface area contributed by atoms with Gasteiger partial charge in [0.05, 0.1) is 16.6 Å². The molecule has 6 atom stereocenters. The molecule has 0 radical (unpaired) electrons. The van der Waals surface area contributed by atoms with Crippen molar-refractivity contribution in [2.45, 2.75) is 54.0 Å². The van der Waals surface area contributed by atoms with Crippen molar-refractivity contribution in [3.05, 3.63) is 49.6 Å². The van der Waals surface area contributed by atoms with E-state index in [-0.39, 0.29) is 41.6 Å². The number of carbonyl (C=O) groups excluding carboxylic acids is 3. The van der Waals surface area contributed by atoms with Crippen LogP contribution in [0.25, 0.3) is 0 Å². The third kappa shape index (κ3) is 5.34. The molecule has 3 fully saturated rings. The molecular weight excluding hydrogens is 594 g/mol. The number of amides is 2. The van der Waals surface area contributed by atoms with E-state index in [4.69, 9.17) is 4.74 Å². The molecule has 0 aromatic heterocycles. The number of fused-ring (bicyclic) bond motifs is 1. The third-order valence-corrected chi connectivity index (χ3v) is 11.5. The zero-order chi connectivity index (χ0) is 29.0. The van der Waals surface area contributed by atoms with E-state index in [1.165, 1.54) is 6.08 Å². The lowest BCUT2D eigenvalue weighted by Crippen LogP contribution is -2.55. The number of esters is 1. The van der Waals surface area contributed by atoms with Crippen LogP contribution in [-0.2, 0) is 19.1 Å². The number of rotatable bonds is 14. The van der Waals surface area contributed by atoms with E-state index in [0.29, 0.717) is 25.8 Å². The molecule has 3 saturated heterocycles. The molecule has 1 aromatic rings. The van der Waals surface area contributed by atoms with Gasteiger partial charge in [0, 0.05) is 54.2 Å². The second-order valence-electron chi connectivity index (χ2n) is 10.5. The Morgan fingerprint density at radius 1 is 1.18 bits per heavy atom. The SMILES string of the molecule is C=CCOC(=O)[C@H]1[C@H]2C(=O)N(CCCCO)C(C(=O)N(CC=C)c3ccc(N(CC)CC)cc3)C23CC(Br)[C@@H]1S3. The molecule has 3 aliphatic heterocycles. The molecule has 2 bridgehead atoms. The van der Waals surface area contributed by atoms with E-state index < -0.39 is 28.6 Å². The topological polar surface area (TPSA) is 90.4 Å². The summed E-state index contributed by atoms with van der Waals surface area (Å²) in [5, 5.41) is 9.24. The van der Waals surface area contributed by atoms with Gasteiger partial charge in [-0.1, -0.05) is 34.7 Å². The molecule has 1 N–H and O–H groups in total. The summed E-state index contributed by atoms with van der Waals surface area (Å²) in [5.74, 6) is -2.06. The van der Waals surface area contributed by atoms with Crippen LogP contribution in [0, 0.1) is 11.8 Å². The minimum absolute atomic E-state index is 0.00743. The summed E-state index contributed by atoms with van der Waals surface area (Å²) in [6.07, 6.45) is 4.89. The second kappa shape index (κ2) is 13.1. The van der Waals surface area contributed by atoms with Crippen LogP contribution in [0.2, 0.25) is 0 Å². The zero-order valence-electron chi connectivity index (χ0n) is 23.3. The Morgan fingerprint density at radius 2 is 1.85 bits per heavy atom. The van der Waals surface area contributed by atoms with Crippen molar-refractivity contribution in [3.63, 3.8) is 0 Å². The van der Waals surface area contributed by atoms with Gasteiger partial charge in [0.1, 0.15) is 12.6 Å². The monoisotopic (exact) mass is 633 g/mol. The van der Waals surface area contributed by atoms with Crippen molar-refractivity contribution in [2.24, 2.45) is 11.8 Å². The highest BCUT2D eigenvalue weighted by atomic mass is 79.9. The first-order valence-electron chi connectivity index (χ1n) is 14.1. The number of likely N-dealkylation sites (tertiary alicyclic amines) is 1. The normalized spacial score (nSPS) is 28.4. The highest BCUT2D eigenvalue weighted by molar-refractivity contribution is 9.09. The molecule has 1 spiro atoms. The Kier molecular flexibility index (Phi) is 10.1. The highest BCUT2D eigenvalue weighted by Crippen LogP contribution is 2.68. The lowest BCUT2D eigenvalue weighted by Gasteiger charge is -2.38. The van der Waals surface area contributed by atoms with Gasteiger partial charge in [0.15, 0.2) is 0 Å². The van der Waals surface area contributed by atoms with E-state index in [0.717, 1.165) is 24.5 Å². The number of alkyl halides is 1. The van der Waals surface area contributed by atoms with Crippen molar-refractivity contribution < 1.29 is 24.2 Å². The number of unbranched alkanes of at least 4 members (excludes halogenated alkanes) is 1. The van der Waals surface area contributed by atoms with E-state index in [9.17, 15) is 19.5 Å². The van der Waals surface area contributed by atoms with Crippen LogP contribution < -0.4 is 9.80 Å². The number of ether oxygens (including phenoxy) is 1. The molecule has 10 heteroatoms. The maximum Gasteiger partial charge on any atom is 0.311 e. The number of hydrogen-bond donors (Lipinski definition) is 1. The number of benzene rings is 1. The Balaban J connectivity index is 1.73. The first-order chi connectivity index (χ1) is 19.3. The number of carbonyl (C=O) groups is 3. The molecule has 40 heavy (non-hydrogen) atoms. The first kappa shape index (κ1) is 30.7. The lowest BCUT2D eigenvalue weighted by atomic mass is 9.71. The van der Waals surface area contributed by atoms with Crippen molar-refractivity contribution in [2.75, 3.05) is 49.2 Å². The van der Waals surface area contributed by atoms with E-state index in [1.807, 2.05) is 24.3 Å². The van der Waals surface area contributed by atoms with Crippen molar-refractivity contribution >= 4 is 56.9 Å². The minimum Gasteiger partial charge on any atom is -0.461 e. The predicted molar refractivity (Wildman–Crippen MR) is 164 cm³/mol. The molecule has 0 aliphatic carbocycles. The molecule has 2 amide bonds. The number of aliphatic hydroxyl groups excluding tert-OH is 1. The number of thioether (sulfide) groups is 1. The van der Waals surface area contributed by atoms with E-state index in [2.05, 4.69) is 47.8 Å². The summed E-state index contributed by atoms with van der Waals surface area (Å²) in [6, 6.07) is 7.17. The Bertz CT molecular complexity index is 1110. The van der Waals surface area contributed by atoms with Crippen LogP contribution in [0.4, 0.5) is 11.4 Å². The number of hydrogen-bond acceptors (Lipinski definition) is 7. The number of anilines is 2. The maximum absolute atomic E-state index is 14.6. The molecule has 4 rings (SSSR count). The van der Waals surface area contributed by atoms with Gasteiger partial charge in [-0.15, -0.1) is 18.3 Å². The number of nitrogens with zero attached hydrogens (tertiary/aromatic N) is 3. The average molecular weight is 635 g/mol. The van der Waals surface area contributed by atoms with Crippen molar-refractivity contribution in [1.82, 2.24) is 4.90 Å². The molecular formula is C30H40BrN3O5S. The summed E-state index contributed by atoms with van der Waals surface area (Å²) in [5.41, 5.74) is 1.81. The predicted octanol–water partition coefficient (Wildman–Crippen LogP) is 4.02. The van der Waals surface area contributed by atoms with Gasteiger partial charge in [-0.25, -0.2) is 0 Å². The van der Waals surface area contributed by atoms with E-state index >= 15 is 0 Å². The van der Waals surface area contributed by atoms with Gasteiger partial charge < -0.3 is 24.5 Å². The molecule has 8 nitrogen and oxygen atoms in total. The van der Waals surface area contributed by atoms with Gasteiger partial charge in [0.2, 0.25) is 5.91 Å². The highest BCUT2D eigenvalue weighted by Gasteiger charge is 2.76. The largest absolute Gasteiger partial charge is 0.461 e. The van der Waals surface area contributed by atoms with Gasteiger partial charge in [0.25, 0.3) is 5.91 Å². The van der Waals surface area contributed by atoms with Crippen LogP contribution in [-0.4, -0.2) is 88.0 Å². The van der Waals surface area contributed by atoms with Gasteiger partial charge in [-0.3, -0.25) is 14.4 Å². The second-order valence-corrected chi connectivity index (χ2v) is 13.2. The Labute approximate surface area is 249 Å². The molecule has 1 aromatic carbocycles. The summed E-state index contributed by atoms with van der Waals surface area (Å²) < 4.78 is 4.70. The summed E-state index contributed by atoms with van der Waals surface area (Å²) in [7, 11) is 0. The van der Waals surface area contributed by atoms with Crippen LogP contribution in [0.15, 0.2) is 49.6 Å². The summed E-state index contributed by atoms with van der Waals surface area (Å²) in [4.78, 5) is 47.5. The Hall–Kier alpha value is -2.30. The van der Waals surface area contributed by atoms with Crippen molar-refractivity contribution in [1.29, 1.82) is 0 Å². The van der Waals surface area contributed by atoms with E-state index in [1.54, 1.807) is 27.6 Å². The third-order valence-electron chi connectivity index (χ3n) is 8.31. The fraction of sp³-hybridized carbons (Fsp3) is 0.567. The molecule has 3 heterocycles. The van der Waals surface area contributed by atoms with Crippen LogP contribution >= 0.6 is 27.7 Å². The standard InChI is InChI=1S/C30H40BrN3O5S/c1-5-15-33(21-13-11-20(12-14-21)32(7-3)8-4)28(37)26-30-19-22(31)25(40-30)23(29(38)39-18-6-2)24(30)27(36)34(26)16-9-10-17-35/h5-6,11-14,22-26,35H,1-2,7-10,15-19H2,3-4H3/t22?,23-,24-,25-,26?,30?/m0/s1. The van der Waals surface area contributed by atoms with Crippen LogP contribution in [0.1, 0.15) is 33.1 Å².